The number of amides is 2. The van der Waals surface area contributed by atoms with Crippen molar-refractivity contribution in [3.8, 4) is 0 Å². The third-order valence-electron chi connectivity index (χ3n) is 4.69. The normalized spacial score (nSPS) is 11.4. The van der Waals surface area contributed by atoms with Crippen LogP contribution in [0.3, 0.4) is 0 Å². The average Bonchev–Trinajstić information content (AvgIpc) is 2.64. The van der Waals surface area contributed by atoms with Gasteiger partial charge in [-0.1, -0.05) is 77.6 Å². The molecule has 166 valence electrons. The molecule has 1 rings (SSSR count). The fourth-order valence-electron chi connectivity index (χ4n) is 3.06. The molecule has 8 heteroatoms. The molecule has 0 spiro atoms. The number of rotatable bonds is 15. The molecule has 0 bridgehead atoms. The van der Waals surface area contributed by atoms with E-state index in [9.17, 15) is 22.0 Å². The van der Waals surface area contributed by atoms with Gasteiger partial charge in [0.25, 0.3) is 0 Å². The Morgan fingerprint density at radius 1 is 0.862 bits per heavy atom. The summed E-state index contributed by atoms with van der Waals surface area (Å²) in [5.41, 5.74) is -0.288. The van der Waals surface area contributed by atoms with Gasteiger partial charge >= 0.3 is 6.03 Å². The second kappa shape index (κ2) is 14.3. The first-order valence-electron chi connectivity index (χ1n) is 10.6. The molecule has 0 heterocycles. The molecule has 0 fully saturated rings. The van der Waals surface area contributed by atoms with Gasteiger partial charge in [-0.2, -0.15) is 0 Å². The van der Waals surface area contributed by atoms with Gasteiger partial charge in [-0.25, -0.2) is 26.7 Å². The molecule has 0 aliphatic heterocycles. The SMILES string of the molecule is CCCCCCCCCCCCCCS(=O)(=O)NC(=O)Nc1ccc(F)cc1F. The molecular weight excluding hydrogens is 398 g/mol. The highest BCUT2D eigenvalue weighted by Crippen LogP contribution is 2.15. The average molecular weight is 433 g/mol. The van der Waals surface area contributed by atoms with Crippen molar-refractivity contribution in [3.63, 3.8) is 0 Å². The van der Waals surface area contributed by atoms with Crippen LogP contribution in [0.2, 0.25) is 0 Å². The third-order valence-corrected chi connectivity index (χ3v) is 6.02. The molecule has 0 aromatic heterocycles. The number of benzene rings is 1. The maximum Gasteiger partial charge on any atom is 0.332 e. The standard InChI is InChI=1S/C21H34F2N2O3S/c1-2-3-4-5-6-7-8-9-10-11-12-13-16-29(27,28)25-21(26)24-20-15-14-18(22)17-19(20)23/h14-15,17H,2-13,16H2,1H3,(H2,24,25,26). The summed E-state index contributed by atoms with van der Waals surface area (Å²) in [4.78, 5) is 11.7. The van der Waals surface area contributed by atoms with E-state index in [1.54, 1.807) is 0 Å². The molecule has 0 aliphatic rings. The molecule has 0 saturated heterocycles. The van der Waals surface area contributed by atoms with Gasteiger partial charge in [0, 0.05) is 6.07 Å². The minimum atomic E-state index is -3.79. The van der Waals surface area contributed by atoms with E-state index < -0.39 is 27.7 Å². The Kier molecular flexibility index (Phi) is 12.5. The lowest BCUT2D eigenvalue weighted by Crippen LogP contribution is -2.36. The van der Waals surface area contributed by atoms with Gasteiger partial charge in [0.1, 0.15) is 11.6 Å². The Balaban J connectivity index is 2.10. The maximum atomic E-state index is 13.5. The van der Waals surface area contributed by atoms with E-state index >= 15 is 0 Å². The van der Waals surface area contributed by atoms with E-state index in [0.29, 0.717) is 12.5 Å². The van der Waals surface area contributed by atoms with E-state index in [0.717, 1.165) is 31.4 Å². The van der Waals surface area contributed by atoms with Crippen LogP contribution in [0.5, 0.6) is 0 Å². The highest BCUT2D eigenvalue weighted by molar-refractivity contribution is 7.90. The summed E-state index contributed by atoms with van der Waals surface area (Å²) < 4.78 is 52.0. The van der Waals surface area contributed by atoms with Crippen molar-refractivity contribution in [2.75, 3.05) is 11.1 Å². The van der Waals surface area contributed by atoms with Gasteiger partial charge in [-0.15, -0.1) is 0 Å². The van der Waals surface area contributed by atoms with E-state index in [1.807, 2.05) is 4.72 Å². The van der Waals surface area contributed by atoms with Gasteiger partial charge in [-0.05, 0) is 18.6 Å². The molecule has 29 heavy (non-hydrogen) atoms. The zero-order valence-corrected chi connectivity index (χ0v) is 18.1. The summed E-state index contributed by atoms with van der Waals surface area (Å²) in [7, 11) is -3.79. The number of carbonyl (C=O) groups excluding carboxylic acids is 1. The summed E-state index contributed by atoms with van der Waals surface area (Å²) in [6.07, 6.45) is 13.5. The van der Waals surface area contributed by atoms with E-state index in [4.69, 9.17) is 0 Å². The van der Waals surface area contributed by atoms with Crippen molar-refractivity contribution in [1.82, 2.24) is 4.72 Å². The number of anilines is 1. The molecule has 0 atom stereocenters. The fourth-order valence-corrected chi connectivity index (χ4v) is 4.08. The topological polar surface area (TPSA) is 75.3 Å². The zero-order chi connectivity index (χ0) is 21.5. The predicted octanol–water partition coefficient (Wildman–Crippen LogP) is 6.12. The largest absolute Gasteiger partial charge is 0.332 e. The summed E-state index contributed by atoms with van der Waals surface area (Å²) in [5, 5.41) is 2.07. The predicted molar refractivity (Wildman–Crippen MR) is 113 cm³/mol. The van der Waals surface area contributed by atoms with Crippen LogP contribution in [0.25, 0.3) is 0 Å². The quantitative estimate of drug-likeness (QED) is 0.328. The van der Waals surface area contributed by atoms with Crippen molar-refractivity contribution in [2.24, 2.45) is 0 Å². The molecule has 2 amide bonds. The zero-order valence-electron chi connectivity index (χ0n) is 17.3. The number of hydrogen-bond donors (Lipinski definition) is 2. The number of urea groups is 1. The smallest absolute Gasteiger partial charge is 0.304 e. The van der Waals surface area contributed by atoms with Gasteiger partial charge < -0.3 is 5.32 Å². The van der Waals surface area contributed by atoms with E-state index in [1.165, 1.54) is 51.4 Å². The first-order valence-corrected chi connectivity index (χ1v) is 12.3. The first-order chi connectivity index (χ1) is 13.8. The van der Waals surface area contributed by atoms with Gasteiger partial charge in [0.15, 0.2) is 0 Å². The molecule has 1 aromatic carbocycles. The summed E-state index contributed by atoms with van der Waals surface area (Å²) in [6.45, 7) is 2.21. The molecule has 0 radical (unpaired) electrons. The van der Waals surface area contributed by atoms with Crippen LogP contribution in [-0.4, -0.2) is 20.2 Å². The maximum absolute atomic E-state index is 13.5. The van der Waals surface area contributed by atoms with Crippen LogP contribution < -0.4 is 10.0 Å². The lowest BCUT2D eigenvalue weighted by Gasteiger charge is -2.09. The minimum absolute atomic E-state index is 0.163. The highest BCUT2D eigenvalue weighted by atomic mass is 32.2. The second-order valence-electron chi connectivity index (χ2n) is 7.39. The molecule has 1 aromatic rings. The van der Waals surface area contributed by atoms with Crippen molar-refractivity contribution in [1.29, 1.82) is 0 Å². The molecule has 5 nitrogen and oxygen atoms in total. The van der Waals surface area contributed by atoms with Crippen molar-refractivity contribution < 1.29 is 22.0 Å². The first kappa shape index (κ1) is 25.3. The van der Waals surface area contributed by atoms with Crippen molar-refractivity contribution >= 4 is 21.7 Å². The Labute approximate surface area is 173 Å². The summed E-state index contributed by atoms with van der Waals surface area (Å²) in [6, 6.07) is 1.55. The second-order valence-corrected chi connectivity index (χ2v) is 9.23. The Bertz CT molecular complexity index is 712. The van der Waals surface area contributed by atoms with Gasteiger partial charge in [-0.3, -0.25) is 0 Å². The summed E-state index contributed by atoms with van der Waals surface area (Å²) >= 11 is 0. The van der Waals surface area contributed by atoms with Crippen LogP contribution in [0.1, 0.15) is 84.0 Å². The van der Waals surface area contributed by atoms with Crippen molar-refractivity contribution in [3.05, 3.63) is 29.8 Å². The minimum Gasteiger partial charge on any atom is -0.304 e. The number of unbranched alkanes of at least 4 members (excludes halogenated alkanes) is 11. The van der Waals surface area contributed by atoms with Crippen LogP contribution in [0.4, 0.5) is 19.3 Å². The molecular formula is C21H34F2N2O3S. The van der Waals surface area contributed by atoms with Crippen LogP contribution in [0.15, 0.2) is 18.2 Å². The highest BCUT2D eigenvalue weighted by Gasteiger charge is 2.15. The Hall–Kier alpha value is -1.70. The fraction of sp³-hybridized carbons (Fsp3) is 0.667. The van der Waals surface area contributed by atoms with E-state index in [-0.39, 0.29) is 11.4 Å². The van der Waals surface area contributed by atoms with Crippen molar-refractivity contribution in [2.45, 2.75) is 84.0 Å². The number of halogens is 2. The van der Waals surface area contributed by atoms with Crippen LogP contribution >= 0.6 is 0 Å². The number of hydrogen-bond acceptors (Lipinski definition) is 3. The Morgan fingerprint density at radius 3 is 1.90 bits per heavy atom. The molecule has 2 N–H and O–H groups in total. The van der Waals surface area contributed by atoms with Gasteiger partial charge in [0.2, 0.25) is 10.0 Å². The van der Waals surface area contributed by atoms with Gasteiger partial charge in [0.05, 0.1) is 11.4 Å². The van der Waals surface area contributed by atoms with Crippen LogP contribution in [-0.2, 0) is 10.0 Å². The van der Waals surface area contributed by atoms with Crippen LogP contribution in [0, 0.1) is 11.6 Å². The number of nitrogens with one attached hydrogen (secondary N) is 2. The number of carbonyl (C=O) groups is 1. The Morgan fingerprint density at radius 2 is 1.38 bits per heavy atom. The third kappa shape index (κ3) is 12.5. The number of sulfonamides is 1. The monoisotopic (exact) mass is 432 g/mol. The lowest BCUT2D eigenvalue weighted by molar-refractivity contribution is 0.256. The molecule has 0 unspecified atom stereocenters. The summed E-state index contributed by atoms with van der Waals surface area (Å²) in [5.74, 6) is -1.92. The molecule has 0 aliphatic carbocycles. The molecule has 0 saturated carbocycles. The lowest BCUT2D eigenvalue weighted by atomic mass is 10.1. The van der Waals surface area contributed by atoms with E-state index in [2.05, 4.69) is 12.2 Å².